The Morgan fingerprint density at radius 2 is 1.80 bits per heavy atom. The van der Waals surface area contributed by atoms with Gasteiger partial charge in [0, 0.05) is 5.56 Å². The lowest BCUT2D eigenvalue weighted by Crippen LogP contribution is -2.25. The van der Waals surface area contributed by atoms with Gasteiger partial charge in [0.2, 0.25) is 0 Å². The van der Waals surface area contributed by atoms with Crippen LogP contribution in [0.3, 0.4) is 0 Å². The summed E-state index contributed by atoms with van der Waals surface area (Å²) in [6.45, 7) is 8.36. The zero-order valence-electron chi connectivity index (χ0n) is 18.2. The molecule has 3 aromatic carbocycles. The summed E-state index contributed by atoms with van der Waals surface area (Å²) in [6, 6.07) is 17.9. The minimum atomic E-state index is -0.329. The van der Waals surface area contributed by atoms with Gasteiger partial charge >= 0.3 is 0 Å². The fourth-order valence-electron chi connectivity index (χ4n) is 3.21. The Hall–Kier alpha value is -3.34. The zero-order chi connectivity index (χ0) is 21.7. The molecule has 0 unspecified atom stereocenters. The van der Waals surface area contributed by atoms with Crippen LogP contribution in [-0.2, 0) is 10.2 Å². The van der Waals surface area contributed by atoms with Gasteiger partial charge in [0.05, 0.1) is 13.3 Å². The molecule has 5 nitrogen and oxygen atoms in total. The average molecular weight is 405 g/mol. The van der Waals surface area contributed by atoms with E-state index in [4.69, 9.17) is 9.47 Å². The van der Waals surface area contributed by atoms with E-state index >= 15 is 0 Å². The quantitative estimate of drug-likeness (QED) is 0.465. The molecule has 0 radical (unpaired) electrons. The van der Waals surface area contributed by atoms with Crippen LogP contribution in [0.25, 0.3) is 10.8 Å². The van der Waals surface area contributed by atoms with Crippen molar-refractivity contribution < 1.29 is 14.3 Å². The largest absolute Gasteiger partial charge is 0.496 e. The first kappa shape index (κ1) is 21.4. The summed E-state index contributed by atoms with van der Waals surface area (Å²) < 4.78 is 11.1. The lowest BCUT2D eigenvalue weighted by Gasteiger charge is -2.20. The number of nitrogens with one attached hydrogen (secondary N) is 1. The second kappa shape index (κ2) is 8.99. The minimum absolute atomic E-state index is 0.0675. The van der Waals surface area contributed by atoms with Crippen molar-refractivity contribution in [2.24, 2.45) is 5.10 Å². The van der Waals surface area contributed by atoms with E-state index in [1.54, 1.807) is 13.3 Å². The van der Waals surface area contributed by atoms with E-state index < -0.39 is 0 Å². The van der Waals surface area contributed by atoms with Crippen LogP contribution < -0.4 is 14.9 Å². The number of aryl methyl sites for hydroxylation is 1. The van der Waals surface area contributed by atoms with Crippen LogP contribution in [0.5, 0.6) is 11.5 Å². The van der Waals surface area contributed by atoms with Gasteiger partial charge in [-0.15, -0.1) is 0 Å². The van der Waals surface area contributed by atoms with E-state index in [2.05, 4.69) is 37.4 Å². The molecule has 0 aliphatic heterocycles. The van der Waals surface area contributed by atoms with Gasteiger partial charge in [-0.25, -0.2) is 5.43 Å². The van der Waals surface area contributed by atoms with Crippen LogP contribution in [0.15, 0.2) is 59.7 Å². The van der Waals surface area contributed by atoms with Gasteiger partial charge in [-0.1, -0.05) is 63.2 Å². The first-order valence-corrected chi connectivity index (χ1v) is 9.91. The van der Waals surface area contributed by atoms with Crippen molar-refractivity contribution in [2.75, 3.05) is 13.7 Å². The number of hydrogen-bond donors (Lipinski definition) is 1. The zero-order valence-corrected chi connectivity index (χ0v) is 18.2. The molecule has 0 saturated heterocycles. The van der Waals surface area contributed by atoms with Crippen molar-refractivity contribution in [3.63, 3.8) is 0 Å². The average Bonchev–Trinajstić information content (AvgIpc) is 2.72. The van der Waals surface area contributed by atoms with Gasteiger partial charge in [0.1, 0.15) is 11.5 Å². The van der Waals surface area contributed by atoms with Crippen LogP contribution in [0.1, 0.15) is 37.5 Å². The number of methoxy groups -OCH3 is 1. The van der Waals surface area contributed by atoms with Gasteiger partial charge in [0.15, 0.2) is 6.61 Å². The topological polar surface area (TPSA) is 59.9 Å². The van der Waals surface area contributed by atoms with Crippen molar-refractivity contribution in [1.29, 1.82) is 0 Å². The summed E-state index contributed by atoms with van der Waals surface area (Å²) in [4.78, 5) is 12.2. The van der Waals surface area contributed by atoms with Gasteiger partial charge in [0.25, 0.3) is 5.91 Å². The van der Waals surface area contributed by atoms with E-state index in [-0.39, 0.29) is 17.9 Å². The summed E-state index contributed by atoms with van der Waals surface area (Å²) in [5, 5.41) is 6.17. The van der Waals surface area contributed by atoms with Crippen molar-refractivity contribution in [3.8, 4) is 11.5 Å². The second-order valence-electron chi connectivity index (χ2n) is 8.21. The minimum Gasteiger partial charge on any atom is -0.496 e. The van der Waals surface area contributed by atoms with Gasteiger partial charge in [-0.3, -0.25) is 4.79 Å². The highest BCUT2D eigenvalue weighted by atomic mass is 16.5. The van der Waals surface area contributed by atoms with Gasteiger partial charge in [-0.05, 0) is 46.4 Å². The number of hydrazone groups is 1. The predicted molar refractivity (Wildman–Crippen MR) is 122 cm³/mol. The molecule has 1 amide bonds. The SMILES string of the molecule is COc1ccc2ccccc2c1/C=N/NC(=O)COc1ccc(C(C)(C)C)cc1C. The van der Waals surface area contributed by atoms with Crippen LogP contribution in [0.2, 0.25) is 0 Å². The molecule has 0 aliphatic carbocycles. The number of carbonyl (C=O) groups is 1. The van der Waals surface area contributed by atoms with Crippen LogP contribution >= 0.6 is 0 Å². The highest BCUT2D eigenvalue weighted by Crippen LogP contribution is 2.28. The summed E-state index contributed by atoms with van der Waals surface area (Å²) in [5.41, 5.74) is 5.63. The monoisotopic (exact) mass is 404 g/mol. The number of nitrogens with zero attached hydrogens (tertiary/aromatic N) is 1. The standard InChI is InChI=1S/C25H28N2O3/c1-17-14-19(25(2,3)4)11-13-22(17)30-16-24(28)27-26-15-21-20-9-7-6-8-18(20)10-12-23(21)29-5/h6-15H,16H2,1-5H3,(H,27,28)/b26-15+. The Bertz CT molecular complexity index is 1080. The molecular formula is C25H28N2O3. The molecule has 3 rings (SSSR count). The lowest BCUT2D eigenvalue weighted by molar-refractivity contribution is -0.123. The van der Waals surface area contributed by atoms with E-state index in [0.29, 0.717) is 11.5 Å². The number of benzene rings is 3. The third-order valence-electron chi connectivity index (χ3n) is 4.93. The van der Waals surface area contributed by atoms with Crippen LogP contribution in [-0.4, -0.2) is 25.8 Å². The highest BCUT2D eigenvalue weighted by molar-refractivity contribution is 6.02. The third-order valence-corrected chi connectivity index (χ3v) is 4.93. The first-order valence-electron chi connectivity index (χ1n) is 9.91. The molecule has 156 valence electrons. The maximum atomic E-state index is 12.2. The molecule has 3 aromatic rings. The Morgan fingerprint density at radius 1 is 1.07 bits per heavy atom. The van der Waals surface area contributed by atoms with Crippen molar-refractivity contribution in [3.05, 3.63) is 71.3 Å². The Balaban J connectivity index is 1.64. The number of fused-ring (bicyclic) bond motifs is 1. The van der Waals surface area contributed by atoms with E-state index in [0.717, 1.165) is 21.9 Å². The predicted octanol–water partition coefficient (Wildman–Crippen LogP) is 4.98. The molecule has 0 aromatic heterocycles. The Kier molecular flexibility index (Phi) is 6.40. The van der Waals surface area contributed by atoms with Crippen molar-refractivity contribution in [1.82, 2.24) is 5.43 Å². The fraction of sp³-hybridized carbons (Fsp3) is 0.280. The Morgan fingerprint density at radius 3 is 2.50 bits per heavy atom. The second-order valence-corrected chi connectivity index (χ2v) is 8.21. The molecule has 0 saturated carbocycles. The highest BCUT2D eigenvalue weighted by Gasteiger charge is 2.15. The normalized spacial score (nSPS) is 11.6. The third kappa shape index (κ3) is 4.98. The summed E-state index contributed by atoms with van der Waals surface area (Å²) in [6.07, 6.45) is 1.60. The van der Waals surface area contributed by atoms with Crippen molar-refractivity contribution >= 4 is 22.9 Å². The molecule has 30 heavy (non-hydrogen) atoms. The number of amides is 1. The molecule has 0 atom stereocenters. The fourth-order valence-corrected chi connectivity index (χ4v) is 3.21. The molecule has 0 bridgehead atoms. The lowest BCUT2D eigenvalue weighted by atomic mass is 9.86. The smallest absolute Gasteiger partial charge is 0.277 e. The number of rotatable bonds is 6. The maximum Gasteiger partial charge on any atom is 0.277 e. The van der Waals surface area contributed by atoms with Gasteiger partial charge < -0.3 is 9.47 Å². The molecule has 0 aliphatic rings. The first-order chi connectivity index (χ1) is 14.3. The van der Waals surface area contributed by atoms with Crippen molar-refractivity contribution in [2.45, 2.75) is 33.1 Å². The van der Waals surface area contributed by atoms with Gasteiger partial charge in [-0.2, -0.15) is 5.10 Å². The molecule has 5 heteroatoms. The van der Waals surface area contributed by atoms with Crippen LogP contribution in [0.4, 0.5) is 0 Å². The molecule has 1 N–H and O–H groups in total. The number of carbonyl (C=O) groups excluding carboxylic acids is 1. The Labute approximate surface area is 177 Å². The molecular weight excluding hydrogens is 376 g/mol. The summed E-state index contributed by atoms with van der Waals surface area (Å²) >= 11 is 0. The summed E-state index contributed by atoms with van der Waals surface area (Å²) in [7, 11) is 1.61. The van der Waals surface area contributed by atoms with Crippen LogP contribution in [0, 0.1) is 6.92 Å². The maximum absolute atomic E-state index is 12.2. The number of ether oxygens (including phenoxy) is 2. The number of hydrogen-bond acceptors (Lipinski definition) is 4. The van der Waals surface area contributed by atoms with E-state index in [1.807, 2.05) is 55.5 Å². The molecule has 0 fully saturated rings. The summed E-state index contributed by atoms with van der Waals surface area (Å²) in [5.74, 6) is 1.06. The molecule has 0 spiro atoms. The van der Waals surface area contributed by atoms with E-state index in [1.165, 1.54) is 5.56 Å². The van der Waals surface area contributed by atoms with E-state index in [9.17, 15) is 4.79 Å². The molecule has 0 heterocycles.